The lowest BCUT2D eigenvalue weighted by Crippen LogP contribution is -2.11. The Kier molecular flexibility index (Phi) is 5.30. The number of nitrogens with zero attached hydrogens (tertiary/aromatic N) is 1. The maximum absolute atomic E-state index is 13.3. The number of halogens is 2. The van der Waals surface area contributed by atoms with E-state index in [1.165, 1.54) is 6.07 Å². The van der Waals surface area contributed by atoms with Crippen LogP contribution in [0.4, 0.5) is 4.39 Å². The lowest BCUT2D eigenvalue weighted by atomic mass is 10.3. The van der Waals surface area contributed by atoms with Gasteiger partial charge in [-0.3, -0.25) is 0 Å². The smallest absolute Gasteiger partial charge is 0.141 e. The maximum Gasteiger partial charge on any atom is 0.141 e. The number of hydrogen-bond acceptors (Lipinski definition) is 4. The number of ether oxygens (including phenoxy) is 1. The molecule has 1 aromatic carbocycles. The Balaban J connectivity index is 1.91. The van der Waals surface area contributed by atoms with Gasteiger partial charge in [-0.25, -0.2) is 9.37 Å². The summed E-state index contributed by atoms with van der Waals surface area (Å²) in [4.78, 5) is 4.43. The van der Waals surface area contributed by atoms with Gasteiger partial charge in [0.2, 0.25) is 0 Å². The van der Waals surface area contributed by atoms with Crippen LogP contribution in [-0.2, 0) is 13.2 Å². The van der Waals surface area contributed by atoms with Gasteiger partial charge in [0.25, 0.3) is 0 Å². The molecule has 0 aliphatic heterocycles. The number of benzene rings is 1. The maximum atomic E-state index is 13.3. The van der Waals surface area contributed by atoms with Crippen molar-refractivity contribution in [1.29, 1.82) is 0 Å². The Labute approximate surface area is 124 Å². The first-order valence-electron chi connectivity index (χ1n) is 5.91. The second-order valence-electron chi connectivity index (χ2n) is 3.88. The molecule has 0 fully saturated rings. The fourth-order valence-corrected chi connectivity index (χ4v) is 2.45. The summed E-state index contributed by atoms with van der Waals surface area (Å²) in [5.74, 6) is 0.172. The van der Waals surface area contributed by atoms with Crippen molar-refractivity contribution < 1.29 is 9.13 Å². The van der Waals surface area contributed by atoms with Crippen LogP contribution in [0.5, 0.6) is 5.75 Å². The van der Waals surface area contributed by atoms with E-state index in [4.69, 9.17) is 4.74 Å². The van der Waals surface area contributed by atoms with E-state index in [2.05, 4.69) is 33.2 Å². The first-order chi connectivity index (χ1) is 9.19. The Hall–Kier alpha value is -0.980. The van der Waals surface area contributed by atoms with Gasteiger partial charge >= 0.3 is 0 Å². The third-order valence-electron chi connectivity index (χ3n) is 2.40. The van der Waals surface area contributed by atoms with Crippen LogP contribution >= 0.6 is 27.3 Å². The molecule has 1 heterocycles. The molecule has 3 nitrogen and oxygen atoms in total. The van der Waals surface area contributed by atoms with Crippen molar-refractivity contribution >= 4 is 27.3 Å². The van der Waals surface area contributed by atoms with Gasteiger partial charge in [-0.2, -0.15) is 0 Å². The zero-order chi connectivity index (χ0) is 13.7. The molecular weight excluding hydrogens is 331 g/mol. The number of thiazole rings is 1. The van der Waals surface area contributed by atoms with Crippen molar-refractivity contribution in [3.8, 4) is 5.75 Å². The number of nitrogens with one attached hydrogen (secondary N) is 1. The van der Waals surface area contributed by atoms with Gasteiger partial charge in [0.1, 0.15) is 23.2 Å². The van der Waals surface area contributed by atoms with Gasteiger partial charge < -0.3 is 10.1 Å². The van der Waals surface area contributed by atoms with Crippen LogP contribution in [0.3, 0.4) is 0 Å². The summed E-state index contributed by atoms with van der Waals surface area (Å²) in [6, 6.07) is 4.71. The SMILES string of the molecule is CCNCc1nc(COc2ccc(Br)c(F)c2)cs1. The van der Waals surface area contributed by atoms with Crippen molar-refractivity contribution in [3.05, 3.63) is 44.6 Å². The predicted molar refractivity (Wildman–Crippen MR) is 77.9 cm³/mol. The van der Waals surface area contributed by atoms with Crippen LogP contribution in [-0.4, -0.2) is 11.5 Å². The molecule has 2 rings (SSSR count). The number of hydrogen-bond donors (Lipinski definition) is 1. The van der Waals surface area contributed by atoms with Crippen molar-refractivity contribution in [3.63, 3.8) is 0 Å². The van der Waals surface area contributed by atoms with Crippen LogP contribution in [0.15, 0.2) is 28.1 Å². The summed E-state index contributed by atoms with van der Waals surface area (Å²) in [5.41, 5.74) is 0.862. The molecule has 6 heteroatoms. The Bertz CT molecular complexity index is 547. The topological polar surface area (TPSA) is 34.2 Å². The van der Waals surface area contributed by atoms with Crippen molar-refractivity contribution in [1.82, 2.24) is 10.3 Å². The van der Waals surface area contributed by atoms with Crippen LogP contribution in [0.1, 0.15) is 17.6 Å². The zero-order valence-corrected chi connectivity index (χ0v) is 12.9. The predicted octanol–water partition coefficient (Wildman–Crippen LogP) is 3.73. The molecule has 102 valence electrons. The standard InChI is InChI=1S/C13H14BrFN2OS/c1-2-16-6-13-17-9(8-19-13)7-18-10-3-4-11(14)12(15)5-10/h3-5,8,16H,2,6-7H2,1H3. The lowest BCUT2D eigenvalue weighted by Gasteiger charge is -2.04. The van der Waals surface area contributed by atoms with Crippen molar-refractivity contribution in [2.75, 3.05) is 6.54 Å². The van der Waals surface area contributed by atoms with E-state index >= 15 is 0 Å². The first-order valence-corrected chi connectivity index (χ1v) is 7.58. The number of aromatic nitrogens is 1. The summed E-state index contributed by atoms with van der Waals surface area (Å²) >= 11 is 4.70. The van der Waals surface area contributed by atoms with Gasteiger partial charge in [0.05, 0.1) is 10.2 Å². The third kappa shape index (κ3) is 4.26. The first kappa shape index (κ1) is 14.4. The van der Waals surface area contributed by atoms with Gasteiger partial charge in [-0.1, -0.05) is 6.92 Å². The fraction of sp³-hybridized carbons (Fsp3) is 0.308. The molecule has 0 atom stereocenters. The van der Waals surface area contributed by atoms with E-state index in [-0.39, 0.29) is 5.82 Å². The van der Waals surface area contributed by atoms with Gasteiger partial charge in [0.15, 0.2) is 0 Å². The van der Waals surface area contributed by atoms with E-state index in [0.29, 0.717) is 16.8 Å². The molecule has 1 aromatic heterocycles. The van der Waals surface area contributed by atoms with E-state index < -0.39 is 0 Å². The summed E-state index contributed by atoms with van der Waals surface area (Å²) in [5, 5.41) is 6.21. The summed E-state index contributed by atoms with van der Waals surface area (Å²) in [6.45, 7) is 4.10. The molecular formula is C13H14BrFN2OS. The van der Waals surface area contributed by atoms with Crippen LogP contribution in [0.2, 0.25) is 0 Å². The average Bonchev–Trinajstić information content (AvgIpc) is 2.86. The van der Waals surface area contributed by atoms with Gasteiger partial charge in [-0.15, -0.1) is 11.3 Å². The average molecular weight is 345 g/mol. The molecule has 0 saturated heterocycles. The van der Waals surface area contributed by atoms with Crippen molar-refractivity contribution in [2.45, 2.75) is 20.1 Å². The highest BCUT2D eigenvalue weighted by Gasteiger charge is 2.04. The van der Waals surface area contributed by atoms with E-state index in [1.807, 2.05) is 5.38 Å². The highest BCUT2D eigenvalue weighted by atomic mass is 79.9. The Morgan fingerprint density at radius 3 is 3.05 bits per heavy atom. The molecule has 19 heavy (non-hydrogen) atoms. The third-order valence-corrected chi connectivity index (χ3v) is 3.94. The van der Waals surface area contributed by atoms with Crippen LogP contribution in [0, 0.1) is 5.82 Å². The van der Waals surface area contributed by atoms with Crippen LogP contribution < -0.4 is 10.1 Å². The monoisotopic (exact) mass is 344 g/mol. The molecule has 0 saturated carbocycles. The largest absolute Gasteiger partial charge is 0.487 e. The quantitative estimate of drug-likeness (QED) is 0.866. The Morgan fingerprint density at radius 2 is 2.32 bits per heavy atom. The molecule has 1 N–H and O–H groups in total. The van der Waals surface area contributed by atoms with Crippen LogP contribution in [0.25, 0.3) is 0 Å². The van der Waals surface area contributed by atoms with E-state index in [9.17, 15) is 4.39 Å². The minimum atomic E-state index is -0.330. The minimum Gasteiger partial charge on any atom is -0.487 e. The summed E-state index contributed by atoms with van der Waals surface area (Å²) in [7, 11) is 0. The lowest BCUT2D eigenvalue weighted by molar-refractivity contribution is 0.300. The highest BCUT2D eigenvalue weighted by molar-refractivity contribution is 9.10. The molecule has 0 bridgehead atoms. The van der Waals surface area contributed by atoms with Gasteiger partial charge in [0, 0.05) is 18.0 Å². The highest BCUT2D eigenvalue weighted by Crippen LogP contribution is 2.22. The van der Waals surface area contributed by atoms with Gasteiger partial charge in [-0.05, 0) is 34.6 Å². The molecule has 0 aliphatic rings. The van der Waals surface area contributed by atoms with E-state index in [0.717, 1.165) is 23.8 Å². The molecule has 0 radical (unpaired) electrons. The molecule has 0 unspecified atom stereocenters. The molecule has 0 spiro atoms. The fourth-order valence-electron chi connectivity index (χ4n) is 1.45. The summed E-state index contributed by atoms with van der Waals surface area (Å²) in [6.07, 6.45) is 0. The molecule has 0 aliphatic carbocycles. The van der Waals surface area contributed by atoms with E-state index in [1.54, 1.807) is 23.5 Å². The second-order valence-corrected chi connectivity index (χ2v) is 5.67. The van der Waals surface area contributed by atoms with Crippen molar-refractivity contribution in [2.24, 2.45) is 0 Å². The number of rotatable bonds is 6. The molecule has 0 amide bonds. The Morgan fingerprint density at radius 1 is 1.47 bits per heavy atom. The normalized spacial score (nSPS) is 10.7. The second kappa shape index (κ2) is 6.98. The summed E-state index contributed by atoms with van der Waals surface area (Å²) < 4.78 is 19.2. The zero-order valence-electron chi connectivity index (χ0n) is 10.5. The molecule has 2 aromatic rings. The minimum absolute atomic E-state index is 0.330.